The number of hydrogen-bond donors (Lipinski definition) is 1. The Hall–Kier alpha value is -3.17. The van der Waals surface area contributed by atoms with Crippen molar-refractivity contribution in [3.05, 3.63) is 59.7 Å². The maximum atomic E-state index is 12.1. The molecular formula is C20H21NO7S. The zero-order chi connectivity index (χ0) is 21.4. The van der Waals surface area contributed by atoms with Crippen LogP contribution in [0.1, 0.15) is 15.9 Å². The van der Waals surface area contributed by atoms with Gasteiger partial charge in [0, 0.05) is 11.6 Å². The molecule has 0 saturated heterocycles. The van der Waals surface area contributed by atoms with Crippen LogP contribution < -0.4 is 14.2 Å². The van der Waals surface area contributed by atoms with E-state index in [-0.39, 0.29) is 16.4 Å². The van der Waals surface area contributed by atoms with E-state index in [1.807, 2.05) is 0 Å². The second kappa shape index (κ2) is 9.85. The molecule has 0 fully saturated rings. The lowest BCUT2D eigenvalue weighted by molar-refractivity contribution is -0.136. The van der Waals surface area contributed by atoms with Gasteiger partial charge in [-0.3, -0.25) is 4.79 Å². The zero-order valence-electron chi connectivity index (χ0n) is 16.2. The van der Waals surface area contributed by atoms with Crippen LogP contribution in [-0.4, -0.2) is 48.0 Å². The molecule has 0 bridgehead atoms. The van der Waals surface area contributed by atoms with Gasteiger partial charge in [-0.2, -0.15) is 0 Å². The Labute approximate surface area is 169 Å². The molecule has 2 aromatic rings. The van der Waals surface area contributed by atoms with Gasteiger partial charge in [0.2, 0.25) is 10.0 Å². The standard InChI is InChI=1S/C20H21NO7S/c1-21-29(24,25)19-11-14(7-9-18(19)27-3)8-10-20(23)28-13-17(22)15-5-4-6-16(12-15)26-2/h4-12,21H,13H2,1-3H3/b10-8+. The summed E-state index contributed by atoms with van der Waals surface area (Å²) >= 11 is 0. The minimum Gasteiger partial charge on any atom is -0.497 e. The molecule has 8 nitrogen and oxygen atoms in total. The van der Waals surface area contributed by atoms with Crippen LogP contribution in [0.25, 0.3) is 6.08 Å². The van der Waals surface area contributed by atoms with E-state index in [4.69, 9.17) is 14.2 Å². The summed E-state index contributed by atoms with van der Waals surface area (Å²) in [6.45, 7) is -0.432. The van der Waals surface area contributed by atoms with Crippen molar-refractivity contribution in [3.63, 3.8) is 0 Å². The molecule has 0 heterocycles. The summed E-state index contributed by atoms with van der Waals surface area (Å²) < 4.78 is 41.4. The first-order valence-electron chi connectivity index (χ1n) is 8.44. The lowest BCUT2D eigenvalue weighted by atomic mass is 10.1. The lowest BCUT2D eigenvalue weighted by Gasteiger charge is -2.09. The summed E-state index contributed by atoms with van der Waals surface area (Å²) in [5.41, 5.74) is 0.800. The fourth-order valence-electron chi connectivity index (χ4n) is 2.35. The molecule has 0 unspecified atom stereocenters. The van der Waals surface area contributed by atoms with E-state index in [2.05, 4.69) is 4.72 Å². The lowest BCUT2D eigenvalue weighted by Crippen LogP contribution is -2.19. The summed E-state index contributed by atoms with van der Waals surface area (Å²) in [6.07, 6.45) is 2.49. The maximum Gasteiger partial charge on any atom is 0.331 e. The van der Waals surface area contributed by atoms with E-state index in [0.717, 1.165) is 6.08 Å². The molecular weight excluding hydrogens is 398 g/mol. The molecule has 0 saturated carbocycles. The van der Waals surface area contributed by atoms with Crippen LogP contribution >= 0.6 is 0 Å². The number of sulfonamides is 1. The second-order valence-electron chi connectivity index (χ2n) is 5.71. The minimum atomic E-state index is -3.74. The first kappa shape index (κ1) is 22.1. The number of esters is 1. The molecule has 2 rings (SSSR count). The molecule has 2 aromatic carbocycles. The molecule has 0 amide bonds. The highest BCUT2D eigenvalue weighted by Gasteiger charge is 2.17. The maximum absolute atomic E-state index is 12.1. The van der Waals surface area contributed by atoms with Crippen molar-refractivity contribution in [2.24, 2.45) is 0 Å². The van der Waals surface area contributed by atoms with Crippen LogP contribution in [-0.2, 0) is 19.6 Å². The van der Waals surface area contributed by atoms with E-state index in [1.54, 1.807) is 30.3 Å². The third-order valence-electron chi connectivity index (χ3n) is 3.90. The highest BCUT2D eigenvalue weighted by molar-refractivity contribution is 7.89. The SMILES string of the molecule is CNS(=O)(=O)c1cc(/C=C/C(=O)OCC(=O)c2cccc(OC)c2)ccc1OC. The van der Waals surface area contributed by atoms with Crippen LogP contribution in [0.5, 0.6) is 11.5 Å². The number of Topliss-reactive ketones (excluding diaryl/α,β-unsaturated/α-hetero) is 1. The summed E-state index contributed by atoms with van der Waals surface area (Å²) in [7, 11) is 0.390. The third-order valence-corrected chi connectivity index (χ3v) is 5.33. The Bertz CT molecular complexity index is 1030. The first-order valence-corrected chi connectivity index (χ1v) is 9.92. The smallest absolute Gasteiger partial charge is 0.331 e. The number of ether oxygens (including phenoxy) is 3. The molecule has 0 aromatic heterocycles. The summed E-state index contributed by atoms with van der Waals surface area (Å²) in [5.74, 6) is -0.426. The highest BCUT2D eigenvalue weighted by atomic mass is 32.2. The molecule has 154 valence electrons. The van der Waals surface area contributed by atoms with Crippen LogP contribution in [0.2, 0.25) is 0 Å². The van der Waals surface area contributed by atoms with Crippen LogP contribution in [0.4, 0.5) is 0 Å². The van der Waals surface area contributed by atoms with Crippen molar-refractivity contribution in [2.45, 2.75) is 4.90 Å². The molecule has 0 aliphatic carbocycles. The fourth-order valence-corrected chi connectivity index (χ4v) is 3.27. The first-order chi connectivity index (χ1) is 13.8. The van der Waals surface area contributed by atoms with Gasteiger partial charge in [0.15, 0.2) is 12.4 Å². The Morgan fingerprint density at radius 1 is 1.07 bits per heavy atom. The number of nitrogens with one attached hydrogen (secondary N) is 1. The van der Waals surface area contributed by atoms with Gasteiger partial charge in [0.25, 0.3) is 0 Å². The molecule has 1 N–H and O–H groups in total. The highest BCUT2D eigenvalue weighted by Crippen LogP contribution is 2.25. The van der Waals surface area contributed by atoms with Crippen molar-refractivity contribution >= 4 is 27.9 Å². The summed E-state index contributed by atoms with van der Waals surface area (Å²) in [6, 6.07) is 10.9. The molecule has 29 heavy (non-hydrogen) atoms. The van der Waals surface area contributed by atoms with E-state index in [9.17, 15) is 18.0 Å². The molecule has 0 atom stereocenters. The molecule has 0 aliphatic heterocycles. The van der Waals surface area contributed by atoms with Crippen molar-refractivity contribution < 1.29 is 32.2 Å². The van der Waals surface area contributed by atoms with Crippen molar-refractivity contribution in [2.75, 3.05) is 27.9 Å². The third kappa shape index (κ3) is 5.90. The average Bonchev–Trinajstić information content (AvgIpc) is 2.75. The number of carbonyl (C=O) groups excluding carboxylic acids is 2. The number of carbonyl (C=O) groups is 2. The molecule has 9 heteroatoms. The van der Waals surface area contributed by atoms with Gasteiger partial charge in [0.05, 0.1) is 14.2 Å². The van der Waals surface area contributed by atoms with Crippen molar-refractivity contribution in [1.82, 2.24) is 4.72 Å². The number of ketones is 1. The van der Waals surface area contributed by atoms with Crippen LogP contribution in [0.15, 0.2) is 53.4 Å². The number of benzene rings is 2. The van der Waals surface area contributed by atoms with E-state index >= 15 is 0 Å². The van der Waals surface area contributed by atoms with Gasteiger partial charge >= 0.3 is 5.97 Å². The second-order valence-corrected chi connectivity index (χ2v) is 7.57. The number of rotatable bonds is 9. The molecule has 0 spiro atoms. The van der Waals surface area contributed by atoms with Gasteiger partial charge in [0.1, 0.15) is 16.4 Å². The Balaban J connectivity index is 2.05. The summed E-state index contributed by atoms with van der Waals surface area (Å²) in [4.78, 5) is 23.9. The minimum absolute atomic E-state index is 0.0637. The van der Waals surface area contributed by atoms with Gasteiger partial charge in [-0.15, -0.1) is 0 Å². The van der Waals surface area contributed by atoms with E-state index < -0.39 is 22.6 Å². The average molecular weight is 419 g/mol. The fraction of sp³-hybridized carbons (Fsp3) is 0.200. The predicted molar refractivity (Wildman–Crippen MR) is 107 cm³/mol. The summed E-state index contributed by atoms with van der Waals surface area (Å²) in [5, 5.41) is 0. The van der Waals surface area contributed by atoms with E-state index in [1.165, 1.54) is 39.5 Å². The quantitative estimate of drug-likeness (QED) is 0.376. The van der Waals surface area contributed by atoms with Gasteiger partial charge in [-0.25, -0.2) is 17.9 Å². The van der Waals surface area contributed by atoms with E-state index in [0.29, 0.717) is 16.9 Å². The molecule has 0 radical (unpaired) electrons. The predicted octanol–water partition coefficient (Wildman–Crippen LogP) is 2.05. The zero-order valence-corrected chi connectivity index (χ0v) is 17.0. The van der Waals surface area contributed by atoms with Crippen molar-refractivity contribution in [3.8, 4) is 11.5 Å². The van der Waals surface area contributed by atoms with Crippen LogP contribution in [0, 0.1) is 0 Å². The normalized spacial score (nSPS) is 11.3. The van der Waals surface area contributed by atoms with Gasteiger partial charge in [-0.1, -0.05) is 18.2 Å². The Morgan fingerprint density at radius 2 is 1.83 bits per heavy atom. The Morgan fingerprint density at radius 3 is 2.48 bits per heavy atom. The molecule has 0 aliphatic rings. The largest absolute Gasteiger partial charge is 0.497 e. The van der Waals surface area contributed by atoms with Gasteiger partial charge < -0.3 is 14.2 Å². The number of methoxy groups -OCH3 is 2. The Kier molecular flexibility index (Phi) is 7.52. The number of hydrogen-bond acceptors (Lipinski definition) is 7. The van der Waals surface area contributed by atoms with Crippen molar-refractivity contribution in [1.29, 1.82) is 0 Å². The van der Waals surface area contributed by atoms with Crippen LogP contribution in [0.3, 0.4) is 0 Å². The topological polar surface area (TPSA) is 108 Å². The van der Waals surface area contributed by atoms with Gasteiger partial charge in [-0.05, 0) is 43.0 Å². The monoisotopic (exact) mass is 419 g/mol.